The maximum atomic E-state index is 5.38. The van der Waals surface area contributed by atoms with Crippen LogP contribution < -0.4 is 10.5 Å². The minimum Gasteiger partial charge on any atom is -0.387 e. The molecule has 46 valence electrons. The zero-order valence-corrected chi connectivity index (χ0v) is 5.36. The van der Waals surface area contributed by atoms with E-state index in [4.69, 9.17) is 5.73 Å². The number of nitrogens with two attached hydrogens (primary N) is 1. The molecule has 0 aromatic heterocycles. The lowest BCUT2D eigenvalue weighted by Crippen LogP contribution is -2.23. The average molecular weight is 131 g/mol. The Bertz CT molecular complexity index is 112. The molecule has 0 radical (unpaired) electrons. The van der Waals surface area contributed by atoms with E-state index >= 15 is 0 Å². The first-order valence-electron chi connectivity index (χ1n) is 2.51. The summed E-state index contributed by atoms with van der Waals surface area (Å²) >= 11 is 3.88. The number of amidine groups is 1. The minimum atomic E-state index is 0.360. The Labute approximate surface area is 53.9 Å². The molecule has 1 heterocycles. The molecule has 0 aromatic carbocycles. The fourth-order valence-electron chi connectivity index (χ4n) is 0.695. The van der Waals surface area contributed by atoms with Gasteiger partial charge in [0.25, 0.3) is 0 Å². The SMILES string of the molecule is NC1=NCC(NS)C1. The van der Waals surface area contributed by atoms with Gasteiger partial charge in [0, 0.05) is 12.5 Å². The van der Waals surface area contributed by atoms with E-state index in [2.05, 4.69) is 22.5 Å². The van der Waals surface area contributed by atoms with Crippen LogP contribution in [0.5, 0.6) is 0 Å². The third kappa shape index (κ3) is 1.14. The molecule has 0 fully saturated rings. The fourth-order valence-corrected chi connectivity index (χ4v) is 0.868. The Morgan fingerprint density at radius 2 is 2.62 bits per heavy atom. The third-order valence-corrected chi connectivity index (χ3v) is 1.52. The van der Waals surface area contributed by atoms with Crippen LogP contribution in [0.3, 0.4) is 0 Å². The van der Waals surface area contributed by atoms with Crippen LogP contribution in [0.2, 0.25) is 0 Å². The molecule has 1 aliphatic heterocycles. The van der Waals surface area contributed by atoms with Gasteiger partial charge >= 0.3 is 0 Å². The van der Waals surface area contributed by atoms with Crippen molar-refractivity contribution in [1.29, 1.82) is 0 Å². The first-order chi connectivity index (χ1) is 3.83. The summed E-state index contributed by atoms with van der Waals surface area (Å²) in [7, 11) is 0. The second-order valence-electron chi connectivity index (χ2n) is 1.86. The van der Waals surface area contributed by atoms with Crippen molar-refractivity contribution < 1.29 is 0 Å². The maximum Gasteiger partial charge on any atom is 0.0954 e. The molecule has 1 rings (SSSR count). The molecule has 4 heteroatoms. The van der Waals surface area contributed by atoms with Crippen molar-refractivity contribution in [2.75, 3.05) is 6.54 Å². The topological polar surface area (TPSA) is 50.4 Å². The summed E-state index contributed by atoms with van der Waals surface area (Å²) in [5.74, 6) is 0.733. The van der Waals surface area contributed by atoms with Crippen LogP contribution in [0.25, 0.3) is 0 Å². The maximum absolute atomic E-state index is 5.38. The lowest BCUT2D eigenvalue weighted by molar-refractivity contribution is 0.708. The number of nitrogens with one attached hydrogen (secondary N) is 1. The second kappa shape index (κ2) is 2.37. The molecule has 0 amide bonds. The van der Waals surface area contributed by atoms with E-state index in [9.17, 15) is 0 Å². The van der Waals surface area contributed by atoms with Crippen LogP contribution in [0.1, 0.15) is 6.42 Å². The molecule has 0 spiro atoms. The molecule has 0 saturated heterocycles. The highest BCUT2D eigenvalue weighted by atomic mass is 32.1. The molecule has 8 heavy (non-hydrogen) atoms. The molecule has 0 aliphatic carbocycles. The molecule has 1 aliphatic rings. The van der Waals surface area contributed by atoms with Crippen molar-refractivity contribution >= 4 is 18.7 Å². The van der Waals surface area contributed by atoms with Gasteiger partial charge in [0.15, 0.2) is 0 Å². The van der Waals surface area contributed by atoms with Gasteiger partial charge < -0.3 is 5.73 Å². The summed E-state index contributed by atoms with van der Waals surface area (Å²) in [4.78, 5) is 3.97. The Hall–Kier alpha value is -0.220. The van der Waals surface area contributed by atoms with Gasteiger partial charge in [-0.05, 0) is 0 Å². The van der Waals surface area contributed by atoms with Gasteiger partial charge in [-0.25, -0.2) is 0 Å². The van der Waals surface area contributed by atoms with Gasteiger partial charge in [-0.2, -0.15) is 0 Å². The van der Waals surface area contributed by atoms with E-state index < -0.39 is 0 Å². The molecule has 0 saturated carbocycles. The fraction of sp³-hybridized carbons (Fsp3) is 0.750. The number of hydrogen-bond donors (Lipinski definition) is 3. The third-order valence-electron chi connectivity index (χ3n) is 1.15. The van der Waals surface area contributed by atoms with E-state index in [-0.39, 0.29) is 0 Å². The minimum absolute atomic E-state index is 0.360. The Kier molecular flexibility index (Phi) is 1.75. The summed E-state index contributed by atoms with van der Waals surface area (Å²) in [6.45, 7) is 0.773. The van der Waals surface area contributed by atoms with E-state index in [1.54, 1.807) is 0 Å². The van der Waals surface area contributed by atoms with Gasteiger partial charge in [0.05, 0.1) is 12.4 Å². The van der Waals surface area contributed by atoms with Crippen molar-refractivity contribution in [3.63, 3.8) is 0 Å². The van der Waals surface area contributed by atoms with Crippen molar-refractivity contribution in [2.24, 2.45) is 10.7 Å². The Morgan fingerprint density at radius 1 is 1.88 bits per heavy atom. The van der Waals surface area contributed by atoms with Crippen LogP contribution in [-0.2, 0) is 0 Å². The van der Waals surface area contributed by atoms with Crippen LogP contribution in [0.15, 0.2) is 4.99 Å². The summed E-state index contributed by atoms with van der Waals surface area (Å²) in [6.07, 6.45) is 0.837. The first kappa shape index (κ1) is 5.91. The Balaban J connectivity index is 2.32. The molecule has 3 N–H and O–H groups in total. The molecule has 1 unspecified atom stereocenters. The van der Waals surface area contributed by atoms with Crippen molar-refractivity contribution in [2.45, 2.75) is 12.5 Å². The summed E-state index contributed by atoms with van der Waals surface area (Å²) in [5, 5.41) is 0. The standard InChI is InChI=1S/C4H9N3S/c5-4-1-3(7-8)2-6-4/h3,7-8H,1-2H2,(H2,5,6). The molecular weight excluding hydrogens is 122 g/mol. The molecule has 3 nitrogen and oxygen atoms in total. The molecule has 0 bridgehead atoms. The normalized spacial score (nSPS) is 28.1. The lowest BCUT2D eigenvalue weighted by atomic mass is 10.3. The van der Waals surface area contributed by atoms with E-state index in [0.717, 1.165) is 18.8 Å². The van der Waals surface area contributed by atoms with Crippen molar-refractivity contribution in [1.82, 2.24) is 4.72 Å². The lowest BCUT2D eigenvalue weighted by Gasteiger charge is -2.01. The summed E-state index contributed by atoms with van der Waals surface area (Å²) in [5.41, 5.74) is 5.38. The number of nitrogens with zero attached hydrogens (tertiary/aromatic N) is 1. The van der Waals surface area contributed by atoms with E-state index in [1.807, 2.05) is 0 Å². The highest BCUT2D eigenvalue weighted by Gasteiger charge is 2.13. The van der Waals surface area contributed by atoms with Crippen LogP contribution in [0.4, 0.5) is 0 Å². The zero-order valence-electron chi connectivity index (χ0n) is 4.46. The predicted octanol–water partition coefficient (Wildman–Crippen LogP) is -0.450. The van der Waals surface area contributed by atoms with Crippen LogP contribution in [-0.4, -0.2) is 18.4 Å². The first-order valence-corrected chi connectivity index (χ1v) is 2.96. The number of aliphatic imine (C=N–C) groups is 1. The molecule has 0 aromatic rings. The smallest absolute Gasteiger partial charge is 0.0954 e. The van der Waals surface area contributed by atoms with Crippen molar-refractivity contribution in [3.8, 4) is 0 Å². The van der Waals surface area contributed by atoms with E-state index in [1.165, 1.54) is 0 Å². The van der Waals surface area contributed by atoms with Gasteiger partial charge in [-0.3, -0.25) is 9.71 Å². The number of hydrogen-bond acceptors (Lipinski definition) is 4. The monoisotopic (exact) mass is 131 g/mol. The largest absolute Gasteiger partial charge is 0.387 e. The highest BCUT2D eigenvalue weighted by Crippen LogP contribution is 2.01. The van der Waals surface area contributed by atoms with Gasteiger partial charge in [-0.1, -0.05) is 12.8 Å². The quantitative estimate of drug-likeness (QED) is 0.422. The molecule has 1 atom stereocenters. The summed E-state index contributed by atoms with van der Waals surface area (Å²) < 4.78 is 2.79. The second-order valence-corrected chi connectivity index (χ2v) is 2.12. The zero-order chi connectivity index (χ0) is 5.98. The van der Waals surface area contributed by atoms with Crippen molar-refractivity contribution in [3.05, 3.63) is 0 Å². The Morgan fingerprint density at radius 3 is 2.88 bits per heavy atom. The molecular formula is C4H9N3S. The highest BCUT2D eigenvalue weighted by molar-refractivity contribution is 7.78. The number of rotatable bonds is 1. The van der Waals surface area contributed by atoms with Gasteiger partial charge in [0.2, 0.25) is 0 Å². The van der Waals surface area contributed by atoms with E-state index in [0.29, 0.717) is 6.04 Å². The van der Waals surface area contributed by atoms with Gasteiger partial charge in [0.1, 0.15) is 0 Å². The average Bonchev–Trinajstić information content (AvgIpc) is 2.14. The predicted molar refractivity (Wildman–Crippen MR) is 37.0 cm³/mol. The van der Waals surface area contributed by atoms with Crippen LogP contribution in [0, 0.1) is 0 Å². The summed E-state index contributed by atoms with van der Waals surface area (Å²) in [6, 6.07) is 0.360. The van der Waals surface area contributed by atoms with Gasteiger partial charge in [-0.15, -0.1) is 0 Å². The number of thiol groups is 1. The van der Waals surface area contributed by atoms with Crippen LogP contribution >= 0.6 is 12.8 Å².